The highest BCUT2D eigenvalue weighted by atomic mass is 35.5. The van der Waals surface area contributed by atoms with Crippen LogP contribution in [0.15, 0.2) is 30.3 Å². The lowest BCUT2D eigenvalue weighted by atomic mass is 10.3. The van der Waals surface area contributed by atoms with Gasteiger partial charge in [-0.15, -0.1) is 11.3 Å². The second-order valence-electron chi connectivity index (χ2n) is 3.69. The van der Waals surface area contributed by atoms with Gasteiger partial charge >= 0.3 is 0 Å². The van der Waals surface area contributed by atoms with Crippen molar-refractivity contribution in [1.29, 1.82) is 0 Å². The number of nitrogens with zero attached hydrogens (tertiary/aromatic N) is 1. The molecule has 3 rings (SSSR count). The number of thiophene rings is 1. The molecule has 0 aliphatic heterocycles. The maximum Gasteiger partial charge on any atom is 0.184 e. The zero-order valence-corrected chi connectivity index (χ0v) is 11.5. The maximum absolute atomic E-state index is 13.0. The van der Waals surface area contributed by atoms with Crippen LogP contribution in [0.25, 0.3) is 10.2 Å². The van der Waals surface area contributed by atoms with Crippen molar-refractivity contribution in [2.75, 3.05) is 5.32 Å². The summed E-state index contributed by atoms with van der Waals surface area (Å²) in [6.07, 6.45) is 0. The summed E-state index contributed by atoms with van der Waals surface area (Å²) in [7, 11) is 0. The van der Waals surface area contributed by atoms with Gasteiger partial charge in [0.15, 0.2) is 5.13 Å². The summed E-state index contributed by atoms with van der Waals surface area (Å²) in [6.45, 7) is 0.680. The van der Waals surface area contributed by atoms with Gasteiger partial charge in [-0.1, -0.05) is 22.9 Å². The predicted molar refractivity (Wildman–Crippen MR) is 76.2 cm³/mol. The van der Waals surface area contributed by atoms with E-state index in [1.54, 1.807) is 6.07 Å². The molecule has 1 aromatic carbocycles. The van der Waals surface area contributed by atoms with Crippen LogP contribution in [0.4, 0.5) is 9.52 Å². The highest BCUT2D eigenvalue weighted by molar-refractivity contribution is 7.22. The normalized spacial score (nSPS) is 11.0. The minimum atomic E-state index is -0.234. The molecule has 1 N–H and O–H groups in total. The summed E-state index contributed by atoms with van der Waals surface area (Å²) in [6, 6.07) is 8.46. The van der Waals surface area contributed by atoms with Gasteiger partial charge in [0.1, 0.15) is 5.82 Å². The van der Waals surface area contributed by atoms with Gasteiger partial charge < -0.3 is 5.32 Å². The molecule has 0 unspecified atom stereocenters. The highest BCUT2D eigenvalue weighted by Crippen LogP contribution is 2.28. The Balaban J connectivity index is 1.78. The fraction of sp³-hybridized carbons (Fsp3) is 0.0833. The average molecular weight is 299 g/mol. The summed E-state index contributed by atoms with van der Waals surface area (Å²) in [4.78, 5) is 5.53. The van der Waals surface area contributed by atoms with Gasteiger partial charge in [-0.2, -0.15) is 0 Å². The van der Waals surface area contributed by atoms with E-state index in [2.05, 4.69) is 10.3 Å². The van der Waals surface area contributed by atoms with Crippen LogP contribution in [-0.2, 0) is 6.54 Å². The van der Waals surface area contributed by atoms with E-state index in [0.717, 1.165) is 24.6 Å². The largest absolute Gasteiger partial charge is 0.357 e. The minimum Gasteiger partial charge on any atom is -0.357 e. The second-order valence-corrected chi connectivity index (χ2v) is 6.52. The minimum absolute atomic E-state index is 0.234. The molecule has 0 fully saturated rings. The number of halogens is 2. The Morgan fingerprint density at radius 1 is 1.22 bits per heavy atom. The Kier molecular flexibility index (Phi) is 3.20. The zero-order chi connectivity index (χ0) is 12.5. The van der Waals surface area contributed by atoms with Crippen molar-refractivity contribution >= 4 is 49.6 Å². The van der Waals surface area contributed by atoms with Crippen LogP contribution in [0, 0.1) is 5.82 Å². The summed E-state index contributed by atoms with van der Waals surface area (Å²) in [5, 5.41) is 4.01. The van der Waals surface area contributed by atoms with Crippen molar-refractivity contribution in [2.24, 2.45) is 0 Å². The summed E-state index contributed by atoms with van der Waals surface area (Å²) in [5.41, 5.74) is 0.813. The smallest absolute Gasteiger partial charge is 0.184 e. The quantitative estimate of drug-likeness (QED) is 0.754. The third-order valence-corrected chi connectivity index (χ3v) is 4.60. The number of hydrogen-bond acceptors (Lipinski definition) is 4. The Bertz CT molecular complexity index is 692. The molecule has 2 aromatic heterocycles. The first-order chi connectivity index (χ1) is 8.70. The first-order valence-corrected chi connectivity index (χ1v) is 7.26. The van der Waals surface area contributed by atoms with E-state index in [0.29, 0.717) is 6.54 Å². The third-order valence-electron chi connectivity index (χ3n) is 2.39. The summed E-state index contributed by atoms with van der Waals surface area (Å²) >= 11 is 8.84. The van der Waals surface area contributed by atoms with E-state index in [9.17, 15) is 4.39 Å². The van der Waals surface area contributed by atoms with Crippen molar-refractivity contribution < 1.29 is 4.39 Å². The molecule has 0 radical (unpaired) electrons. The topological polar surface area (TPSA) is 24.9 Å². The van der Waals surface area contributed by atoms with Crippen LogP contribution in [0.3, 0.4) is 0 Å². The number of aromatic nitrogens is 1. The van der Waals surface area contributed by atoms with Gasteiger partial charge in [-0.05, 0) is 30.3 Å². The first-order valence-electron chi connectivity index (χ1n) is 5.25. The van der Waals surface area contributed by atoms with Crippen LogP contribution in [-0.4, -0.2) is 4.98 Å². The van der Waals surface area contributed by atoms with Gasteiger partial charge in [0, 0.05) is 4.88 Å². The molecule has 0 spiro atoms. The summed E-state index contributed by atoms with van der Waals surface area (Å²) in [5.74, 6) is -0.234. The van der Waals surface area contributed by atoms with E-state index >= 15 is 0 Å². The molecule has 92 valence electrons. The monoisotopic (exact) mass is 298 g/mol. The zero-order valence-electron chi connectivity index (χ0n) is 9.11. The molecular formula is C12H8ClFN2S2. The van der Waals surface area contributed by atoms with E-state index in [-0.39, 0.29) is 5.82 Å². The number of rotatable bonds is 3. The Morgan fingerprint density at radius 2 is 2.11 bits per heavy atom. The maximum atomic E-state index is 13.0. The summed E-state index contributed by atoms with van der Waals surface area (Å²) < 4.78 is 14.7. The van der Waals surface area contributed by atoms with Crippen LogP contribution >= 0.6 is 34.3 Å². The first kappa shape index (κ1) is 11.9. The van der Waals surface area contributed by atoms with Crippen molar-refractivity contribution in [2.45, 2.75) is 6.54 Å². The van der Waals surface area contributed by atoms with Gasteiger partial charge in [0.05, 0.1) is 21.1 Å². The molecule has 18 heavy (non-hydrogen) atoms. The highest BCUT2D eigenvalue weighted by Gasteiger charge is 2.05. The third kappa shape index (κ3) is 2.48. The van der Waals surface area contributed by atoms with Crippen LogP contribution < -0.4 is 5.32 Å². The molecule has 3 aromatic rings. The van der Waals surface area contributed by atoms with Crippen molar-refractivity contribution in [3.8, 4) is 0 Å². The number of hydrogen-bond donors (Lipinski definition) is 1. The van der Waals surface area contributed by atoms with E-state index in [1.165, 1.54) is 34.8 Å². The van der Waals surface area contributed by atoms with Crippen molar-refractivity contribution in [1.82, 2.24) is 4.98 Å². The Morgan fingerprint density at radius 3 is 2.89 bits per heavy atom. The van der Waals surface area contributed by atoms with Crippen molar-refractivity contribution in [3.05, 3.63) is 45.4 Å². The lowest BCUT2D eigenvalue weighted by molar-refractivity contribution is 0.630. The molecular weight excluding hydrogens is 291 g/mol. The fourth-order valence-corrected chi connectivity index (χ4v) is 3.50. The Labute approximate surface area is 116 Å². The van der Waals surface area contributed by atoms with E-state index < -0.39 is 0 Å². The van der Waals surface area contributed by atoms with Crippen LogP contribution in [0.1, 0.15) is 4.88 Å². The second kappa shape index (κ2) is 4.84. The molecule has 0 saturated heterocycles. The fourth-order valence-electron chi connectivity index (χ4n) is 1.58. The molecule has 0 atom stereocenters. The van der Waals surface area contributed by atoms with Gasteiger partial charge in [-0.3, -0.25) is 0 Å². The lowest BCUT2D eigenvalue weighted by Gasteiger charge is -1.98. The molecule has 0 amide bonds. The van der Waals surface area contributed by atoms with Gasteiger partial charge in [0.25, 0.3) is 0 Å². The number of anilines is 1. The molecule has 6 heteroatoms. The number of thiazole rings is 1. The number of benzene rings is 1. The lowest BCUT2D eigenvalue weighted by Crippen LogP contribution is -1.95. The van der Waals surface area contributed by atoms with E-state index in [1.807, 2.05) is 12.1 Å². The standard InChI is InChI=1S/C12H8ClFN2S2/c13-11-4-2-8(17-11)6-15-12-16-9-3-1-7(14)5-10(9)18-12/h1-5H,6H2,(H,15,16). The van der Waals surface area contributed by atoms with Crippen LogP contribution in [0.2, 0.25) is 4.34 Å². The molecule has 0 aliphatic carbocycles. The number of nitrogens with one attached hydrogen (secondary N) is 1. The number of fused-ring (bicyclic) bond motifs is 1. The average Bonchev–Trinajstić information content (AvgIpc) is 2.92. The molecule has 0 aliphatic rings. The molecule has 0 saturated carbocycles. The predicted octanol–water partition coefficient (Wildman–Crippen LogP) is 4.76. The van der Waals surface area contributed by atoms with Crippen LogP contribution in [0.5, 0.6) is 0 Å². The van der Waals surface area contributed by atoms with Gasteiger partial charge in [0.2, 0.25) is 0 Å². The van der Waals surface area contributed by atoms with Crippen molar-refractivity contribution in [3.63, 3.8) is 0 Å². The Hall–Kier alpha value is -1.17. The SMILES string of the molecule is Fc1ccc2nc(NCc3ccc(Cl)s3)sc2c1. The van der Waals surface area contributed by atoms with E-state index in [4.69, 9.17) is 11.6 Å². The van der Waals surface area contributed by atoms with Gasteiger partial charge in [-0.25, -0.2) is 9.37 Å². The molecule has 2 nitrogen and oxygen atoms in total. The molecule has 2 heterocycles. The molecule has 0 bridgehead atoms.